The molecule has 1 unspecified atom stereocenters. The van der Waals surface area contributed by atoms with Crippen LogP contribution >= 0.6 is 15.9 Å². The molecule has 0 spiro atoms. The van der Waals surface area contributed by atoms with Crippen molar-refractivity contribution in [1.82, 2.24) is 4.72 Å². The van der Waals surface area contributed by atoms with E-state index in [0.717, 1.165) is 6.42 Å². The second kappa shape index (κ2) is 6.14. The summed E-state index contributed by atoms with van der Waals surface area (Å²) in [6.45, 7) is 3.58. The molecule has 1 rings (SSSR count). The Labute approximate surface area is 117 Å². The summed E-state index contributed by atoms with van der Waals surface area (Å²) in [6, 6.07) is 6.45. The lowest BCUT2D eigenvalue weighted by molar-refractivity contribution is 0.0554. The number of hydrogen-bond acceptors (Lipinski definition) is 3. The first-order valence-electron chi connectivity index (χ1n) is 5.74. The van der Waals surface area contributed by atoms with Gasteiger partial charge >= 0.3 is 0 Å². The van der Waals surface area contributed by atoms with Crippen molar-refractivity contribution in [2.75, 3.05) is 6.54 Å². The standard InChI is InChI=1S/C12H18BrNO3S/c1-3-7-12(2,15)9-14-18(16,17)11-6-4-5-10(13)8-11/h4-6,8,14-15H,3,7,9H2,1-2H3. The van der Waals surface area contributed by atoms with Crippen LogP contribution in [-0.4, -0.2) is 25.7 Å². The molecule has 0 saturated heterocycles. The Hall–Kier alpha value is -0.430. The Morgan fingerprint density at radius 2 is 2.11 bits per heavy atom. The van der Waals surface area contributed by atoms with Crippen LogP contribution in [-0.2, 0) is 10.0 Å². The maximum Gasteiger partial charge on any atom is 0.240 e. The first-order chi connectivity index (χ1) is 8.27. The molecule has 1 aromatic carbocycles. The van der Waals surface area contributed by atoms with Crippen molar-refractivity contribution >= 4 is 26.0 Å². The Balaban J connectivity index is 2.78. The van der Waals surface area contributed by atoms with Gasteiger partial charge in [0.15, 0.2) is 0 Å². The van der Waals surface area contributed by atoms with E-state index in [-0.39, 0.29) is 11.4 Å². The fourth-order valence-corrected chi connectivity index (χ4v) is 3.35. The van der Waals surface area contributed by atoms with Crippen molar-refractivity contribution in [1.29, 1.82) is 0 Å². The summed E-state index contributed by atoms with van der Waals surface area (Å²) >= 11 is 3.23. The third-order valence-electron chi connectivity index (χ3n) is 2.54. The SMILES string of the molecule is CCCC(C)(O)CNS(=O)(=O)c1cccc(Br)c1. The fourth-order valence-electron chi connectivity index (χ4n) is 1.59. The van der Waals surface area contributed by atoms with Crippen LogP contribution in [0.2, 0.25) is 0 Å². The molecule has 2 N–H and O–H groups in total. The third-order valence-corrected chi connectivity index (χ3v) is 4.43. The average Bonchev–Trinajstić information content (AvgIpc) is 2.27. The number of nitrogens with one attached hydrogen (secondary N) is 1. The van der Waals surface area contributed by atoms with E-state index < -0.39 is 15.6 Å². The molecule has 1 atom stereocenters. The van der Waals surface area contributed by atoms with Gasteiger partial charge in [-0.3, -0.25) is 0 Å². The normalized spacial score (nSPS) is 15.3. The molecule has 0 amide bonds. The van der Waals surface area contributed by atoms with E-state index in [4.69, 9.17) is 0 Å². The largest absolute Gasteiger partial charge is 0.389 e. The molecule has 18 heavy (non-hydrogen) atoms. The zero-order chi connectivity index (χ0) is 13.8. The molecule has 0 bridgehead atoms. The minimum atomic E-state index is -3.57. The predicted molar refractivity (Wildman–Crippen MR) is 74.9 cm³/mol. The lowest BCUT2D eigenvalue weighted by Gasteiger charge is -2.22. The first kappa shape index (κ1) is 15.6. The molecule has 6 heteroatoms. The maximum atomic E-state index is 12.0. The van der Waals surface area contributed by atoms with Crippen LogP contribution in [0.25, 0.3) is 0 Å². The smallest absolute Gasteiger partial charge is 0.240 e. The van der Waals surface area contributed by atoms with Gasteiger partial charge in [-0.2, -0.15) is 0 Å². The van der Waals surface area contributed by atoms with Crippen LogP contribution in [0.5, 0.6) is 0 Å². The number of halogens is 1. The molecular weight excluding hydrogens is 318 g/mol. The number of hydrogen-bond donors (Lipinski definition) is 2. The third kappa shape index (κ3) is 4.68. The predicted octanol–water partition coefficient (Wildman–Crippen LogP) is 2.28. The quantitative estimate of drug-likeness (QED) is 0.838. The van der Waals surface area contributed by atoms with E-state index in [9.17, 15) is 13.5 Å². The van der Waals surface area contributed by atoms with Gasteiger partial charge in [0.1, 0.15) is 0 Å². The molecule has 0 aromatic heterocycles. The molecule has 0 aliphatic heterocycles. The summed E-state index contributed by atoms with van der Waals surface area (Å²) < 4.78 is 27.1. The average molecular weight is 336 g/mol. The molecule has 4 nitrogen and oxygen atoms in total. The minimum Gasteiger partial charge on any atom is -0.389 e. The molecule has 0 aliphatic carbocycles. The number of rotatable bonds is 6. The summed E-state index contributed by atoms with van der Waals surface area (Å²) in [6.07, 6.45) is 1.35. The first-order valence-corrected chi connectivity index (χ1v) is 8.02. The van der Waals surface area contributed by atoms with Gasteiger partial charge in [-0.05, 0) is 31.5 Å². The van der Waals surface area contributed by atoms with E-state index in [1.165, 1.54) is 12.1 Å². The molecule has 0 heterocycles. The fraction of sp³-hybridized carbons (Fsp3) is 0.500. The van der Waals surface area contributed by atoms with Crippen molar-refractivity contribution < 1.29 is 13.5 Å². The van der Waals surface area contributed by atoms with Crippen LogP contribution < -0.4 is 4.72 Å². The van der Waals surface area contributed by atoms with E-state index in [1.54, 1.807) is 19.1 Å². The molecule has 0 saturated carbocycles. The summed E-state index contributed by atoms with van der Waals surface area (Å²) in [4.78, 5) is 0.184. The monoisotopic (exact) mass is 335 g/mol. The summed E-state index contributed by atoms with van der Waals surface area (Å²) in [7, 11) is -3.57. The lowest BCUT2D eigenvalue weighted by Crippen LogP contribution is -2.40. The Kier molecular flexibility index (Phi) is 5.33. The Morgan fingerprint density at radius 1 is 1.44 bits per heavy atom. The molecule has 1 aromatic rings. The maximum absolute atomic E-state index is 12.0. The van der Waals surface area contributed by atoms with Gasteiger partial charge < -0.3 is 5.11 Å². The zero-order valence-corrected chi connectivity index (χ0v) is 12.9. The highest BCUT2D eigenvalue weighted by Gasteiger charge is 2.23. The van der Waals surface area contributed by atoms with Gasteiger partial charge in [0, 0.05) is 11.0 Å². The van der Waals surface area contributed by atoms with E-state index in [1.807, 2.05) is 6.92 Å². The minimum absolute atomic E-state index is 0.00961. The highest BCUT2D eigenvalue weighted by molar-refractivity contribution is 9.10. The van der Waals surface area contributed by atoms with Crippen LogP contribution in [0.15, 0.2) is 33.6 Å². The zero-order valence-electron chi connectivity index (χ0n) is 10.5. The second-order valence-corrected chi connectivity index (χ2v) is 7.21. The molecular formula is C12H18BrNO3S. The van der Waals surface area contributed by atoms with Gasteiger partial charge in [0.2, 0.25) is 10.0 Å². The highest BCUT2D eigenvalue weighted by Crippen LogP contribution is 2.17. The van der Waals surface area contributed by atoms with Crippen molar-refractivity contribution in [2.45, 2.75) is 37.2 Å². The highest BCUT2D eigenvalue weighted by atomic mass is 79.9. The molecule has 0 aliphatic rings. The molecule has 0 radical (unpaired) electrons. The second-order valence-electron chi connectivity index (χ2n) is 4.53. The molecule has 102 valence electrons. The van der Waals surface area contributed by atoms with Crippen LogP contribution in [0.3, 0.4) is 0 Å². The summed E-state index contributed by atoms with van der Waals surface area (Å²) in [5.41, 5.74) is -1.02. The van der Waals surface area contributed by atoms with Crippen LogP contribution in [0, 0.1) is 0 Å². The van der Waals surface area contributed by atoms with Crippen LogP contribution in [0.4, 0.5) is 0 Å². The van der Waals surface area contributed by atoms with E-state index >= 15 is 0 Å². The van der Waals surface area contributed by atoms with Gasteiger partial charge in [-0.1, -0.05) is 35.3 Å². The Bertz CT molecular complexity index is 500. The van der Waals surface area contributed by atoms with Gasteiger partial charge in [0.25, 0.3) is 0 Å². The van der Waals surface area contributed by atoms with Crippen molar-refractivity contribution in [2.24, 2.45) is 0 Å². The number of sulfonamides is 1. The topological polar surface area (TPSA) is 66.4 Å². The van der Waals surface area contributed by atoms with Gasteiger partial charge in [-0.25, -0.2) is 13.1 Å². The van der Waals surface area contributed by atoms with E-state index in [2.05, 4.69) is 20.7 Å². The van der Waals surface area contributed by atoms with E-state index in [0.29, 0.717) is 10.9 Å². The molecule has 0 fully saturated rings. The number of benzene rings is 1. The summed E-state index contributed by atoms with van der Waals surface area (Å²) in [5, 5.41) is 9.94. The van der Waals surface area contributed by atoms with Gasteiger partial charge in [0.05, 0.1) is 10.5 Å². The van der Waals surface area contributed by atoms with Crippen molar-refractivity contribution in [3.05, 3.63) is 28.7 Å². The Morgan fingerprint density at radius 3 is 2.67 bits per heavy atom. The van der Waals surface area contributed by atoms with Crippen molar-refractivity contribution in [3.63, 3.8) is 0 Å². The summed E-state index contributed by atoms with van der Waals surface area (Å²) in [5.74, 6) is 0. The van der Waals surface area contributed by atoms with Crippen molar-refractivity contribution in [3.8, 4) is 0 Å². The van der Waals surface area contributed by atoms with Gasteiger partial charge in [-0.15, -0.1) is 0 Å². The number of aliphatic hydroxyl groups is 1. The lowest BCUT2D eigenvalue weighted by atomic mass is 10.0. The van der Waals surface area contributed by atoms with Crippen LogP contribution in [0.1, 0.15) is 26.7 Å².